The largest absolute Gasteiger partial charge is 0.493 e. The Bertz CT molecular complexity index is 736. The molecule has 0 aliphatic heterocycles. The van der Waals surface area contributed by atoms with Gasteiger partial charge in [-0.25, -0.2) is 4.98 Å². The third-order valence-electron chi connectivity index (χ3n) is 3.81. The van der Waals surface area contributed by atoms with Crippen LogP contribution in [0.2, 0.25) is 0 Å². The topological polar surface area (TPSA) is 47.1 Å². The summed E-state index contributed by atoms with van der Waals surface area (Å²) in [6, 6.07) is 5.87. The molecule has 1 aromatic heterocycles. The number of rotatable bonds is 4. The van der Waals surface area contributed by atoms with E-state index in [1.54, 1.807) is 14.2 Å². The van der Waals surface area contributed by atoms with Crippen LogP contribution in [-0.4, -0.2) is 24.2 Å². The molecule has 1 N–H and O–H groups in total. The summed E-state index contributed by atoms with van der Waals surface area (Å²) in [6.45, 7) is 1.99. The van der Waals surface area contributed by atoms with Crippen molar-refractivity contribution >= 4 is 12.2 Å². The zero-order valence-corrected chi connectivity index (χ0v) is 13.2. The van der Waals surface area contributed by atoms with Gasteiger partial charge < -0.3 is 14.5 Å². The molecule has 0 atom stereocenters. The molecule has 1 heterocycles. The van der Waals surface area contributed by atoms with E-state index in [9.17, 15) is 0 Å². The van der Waals surface area contributed by atoms with Gasteiger partial charge in [0.05, 0.1) is 19.9 Å². The molecule has 1 saturated carbocycles. The number of H-pyrrole nitrogens is 1. The fraction of sp³-hybridized carbons (Fsp3) is 0.375. The first kappa shape index (κ1) is 14.1. The minimum absolute atomic E-state index is 0.534. The Hall–Kier alpha value is -1.88. The van der Waals surface area contributed by atoms with Gasteiger partial charge in [0.2, 0.25) is 0 Å². The predicted octanol–water partition coefficient (Wildman–Crippen LogP) is 4.01. The summed E-state index contributed by atoms with van der Waals surface area (Å²) in [7, 11) is 3.27. The van der Waals surface area contributed by atoms with E-state index in [0.717, 1.165) is 22.6 Å². The van der Waals surface area contributed by atoms with E-state index in [1.165, 1.54) is 12.8 Å². The summed E-state index contributed by atoms with van der Waals surface area (Å²) < 4.78 is 11.3. The first-order chi connectivity index (χ1) is 10.1. The van der Waals surface area contributed by atoms with Crippen LogP contribution in [0, 0.1) is 11.6 Å². The molecule has 0 unspecified atom stereocenters. The SMILES string of the molecule is COc1ccc(-c2[nH]c(C3CC3)nc(=S)c2C)cc1OC. The van der Waals surface area contributed by atoms with Gasteiger partial charge >= 0.3 is 0 Å². The average Bonchev–Trinajstić information content (AvgIpc) is 3.34. The van der Waals surface area contributed by atoms with Gasteiger partial charge in [-0.2, -0.15) is 0 Å². The predicted molar refractivity (Wildman–Crippen MR) is 84.7 cm³/mol. The molecular weight excluding hydrogens is 284 g/mol. The molecule has 1 aromatic carbocycles. The molecule has 0 radical (unpaired) electrons. The van der Waals surface area contributed by atoms with E-state index in [1.807, 2.05) is 25.1 Å². The van der Waals surface area contributed by atoms with Crippen molar-refractivity contribution in [3.8, 4) is 22.8 Å². The molecule has 1 aliphatic rings. The minimum Gasteiger partial charge on any atom is -0.493 e. The normalized spacial score (nSPS) is 14.0. The molecule has 3 rings (SSSR count). The van der Waals surface area contributed by atoms with Crippen molar-refractivity contribution in [2.24, 2.45) is 0 Å². The van der Waals surface area contributed by atoms with Gasteiger partial charge in [0.25, 0.3) is 0 Å². The van der Waals surface area contributed by atoms with Crippen molar-refractivity contribution in [3.05, 3.63) is 34.2 Å². The lowest BCUT2D eigenvalue weighted by molar-refractivity contribution is 0.355. The number of nitrogens with zero attached hydrogens (tertiary/aromatic N) is 1. The van der Waals surface area contributed by atoms with Crippen LogP contribution in [0.15, 0.2) is 18.2 Å². The lowest BCUT2D eigenvalue weighted by Crippen LogP contribution is -2.00. The lowest BCUT2D eigenvalue weighted by Gasteiger charge is -2.12. The van der Waals surface area contributed by atoms with Crippen LogP contribution in [0.25, 0.3) is 11.3 Å². The summed E-state index contributed by atoms with van der Waals surface area (Å²) in [6.07, 6.45) is 2.37. The van der Waals surface area contributed by atoms with Gasteiger partial charge in [0.15, 0.2) is 11.5 Å². The van der Waals surface area contributed by atoms with Gasteiger partial charge in [-0.1, -0.05) is 12.2 Å². The summed E-state index contributed by atoms with van der Waals surface area (Å²) in [5.41, 5.74) is 3.03. The van der Waals surface area contributed by atoms with Gasteiger partial charge in [-0.15, -0.1) is 0 Å². The number of hydrogen-bond donors (Lipinski definition) is 1. The van der Waals surface area contributed by atoms with E-state index >= 15 is 0 Å². The third-order valence-corrected chi connectivity index (χ3v) is 4.20. The van der Waals surface area contributed by atoms with Gasteiger partial charge in [-0.3, -0.25) is 0 Å². The van der Waals surface area contributed by atoms with Crippen LogP contribution >= 0.6 is 12.2 Å². The van der Waals surface area contributed by atoms with Crippen LogP contribution in [-0.2, 0) is 0 Å². The molecular formula is C16H18N2O2S. The monoisotopic (exact) mass is 302 g/mol. The number of hydrogen-bond acceptors (Lipinski definition) is 4. The maximum absolute atomic E-state index is 5.40. The molecule has 0 saturated heterocycles. The quantitative estimate of drug-likeness (QED) is 0.867. The maximum atomic E-state index is 5.40. The summed E-state index contributed by atoms with van der Waals surface area (Å²) in [5, 5.41) is 0. The van der Waals surface area contributed by atoms with Gasteiger partial charge in [0.1, 0.15) is 10.5 Å². The molecule has 21 heavy (non-hydrogen) atoms. The van der Waals surface area contributed by atoms with Crippen molar-refractivity contribution in [1.29, 1.82) is 0 Å². The Morgan fingerprint density at radius 2 is 1.90 bits per heavy atom. The summed E-state index contributed by atoms with van der Waals surface area (Å²) in [4.78, 5) is 7.95. The van der Waals surface area contributed by atoms with Crippen LogP contribution in [0.3, 0.4) is 0 Å². The molecule has 2 aromatic rings. The standard InChI is InChI=1S/C16H18N2O2S/c1-9-14(17-15(10-4-5-10)18-16(9)21)11-6-7-12(19-2)13(8-11)20-3/h6-8,10H,4-5H2,1-3H3,(H,17,18,21). The highest BCUT2D eigenvalue weighted by molar-refractivity contribution is 7.71. The van der Waals surface area contributed by atoms with Crippen LogP contribution in [0.1, 0.15) is 30.1 Å². The molecule has 0 amide bonds. The van der Waals surface area contributed by atoms with E-state index in [-0.39, 0.29) is 0 Å². The fourth-order valence-corrected chi connectivity index (χ4v) is 2.58. The van der Waals surface area contributed by atoms with Crippen molar-refractivity contribution in [3.63, 3.8) is 0 Å². The van der Waals surface area contributed by atoms with E-state index in [0.29, 0.717) is 22.1 Å². The molecule has 0 spiro atoms. The Morgan fingerprint density at radius 3 is 2.52 bits per heavy atom. The Labute approximate surface area is 129 Å². The zero-order valence-electron chi connectivity index (χ0n) is 12.4. The number of benzene rings is 1. The third kappa shape index (κ3) is 2.65. The van der Waals surface area contributed by atoms with E-state index < -0.39 is 0 Å². The Kier molecular flexibility index (Phi) is 3.68. The number of aromatic nitrogens is 2. The van der Waals surface area contributed by atoms with Gasteiger partial charge in [-0.05, 0) is 38.0 Å². The highest BCUT2D eigenvalue weighted by Gasteiger charge is 2.26. The first-order valence-electron chi connectivity index (χ1n) is 6.97. The Balaban J connectivity index is 2.13. The van der Waals surface area contributed by atoms with Crippen molar-refractivity contribution in [2.75, 3.05) is 14.2 Å². The second-order valence-electron chi connectivity index (χ2n) is 5.27. The molecule has 0 bridgehead atoms. The van der Waals surface area contributed by atoms with Gasteiger partial charge in [0, 0.05) is 17.0 Å². The Morgan fingerprint density at radius 1 is 1.19 bits per heavy atom. The number of ether oxygens (including phenoxy) is 2. The number of methoxy groups -OCH3 is 2. The van der Waals surface area contributed by atoms with Crippen molar-refractivity contribution < 1.29 is 9.47 Å². The van der Waals surface area contributed by atoms with E-state index in [4.69, 9.17) is 21.7 Å². The second-order valence-corrected chi connectivity index (χ2v) is 5.66. The van der Waals surface area contributed by atoms with Crippen LogP contribution in [0.5, 0.6) is 11.5 Å². The summed E-state index contributed by atoms with van der Waals surface area (Å²) >= 11 is 5.40. The average molecular weight is 302 g/mol. The van der Waals surface area contributed by atoms with Crippen molar-refractivity contribution in [2.45, 2.75) is 25.7 Å². The second kappa shape index (κ2) is 5.48. The molecule has 5 heteroatoms. The minimum atomic E-state index is 0.534. The number of aromatic amines is 1. The molecule has 110 valence electrons. The molecule has 1 aliphatic carbocycles. The smallest absolute Gasteiger partial charge is 0.161 e. The summed E-state index contributed by atoms with van der Waals surface area (Å²) in [5.74, 6) is 2.95. The molecule has 4 nitrogen and oxygen atoms in total. The first-order valence-corrected chi connectivity index (χ1v) is 7.38. The highest BCUT2D eigenvalue weighted by atomic mass is 32.1. The van der Waals surface area contributed by atoms with E-state index in [2.05, 4.69) is 9.97 Å². The molecule has 1 fully saturated rings. The van der Waals surface area contributed by atoms with Crippen LogP contribution in [0.4, 0.5) is 0 Å². The van der Waals surface area contributed by atoms with Crippen molar-refractivity contribution in [1.82, 2.24) is 9.97 Å². The highest BCUT2D eigenvalue weighted by Crippen LogP contribution is 2.39. The van der Waals surface area contributed by atoms with Crippen LogP contribution < -0.4 is 9.47 Å². The maximum Gasteiger partial charge on any atom is 0.161 e. The lowest BCUT2D eigenvalue weighted by atomic mass is 10.1. The number of nitrogens with one attached hydrogen (secondary N) is 1. The zero-order chi connectivity index (χ0) is 15.0. The fourth-order valence-electron chi connectivity index (χ4n) is 2.38.